The van der Waals surface area contributed by atoms with E-state index in [1.165, 1.54) is 0 Å². The summed E-state index contributed by atoms with van der Waals surface area (Å²) in [7, 11) is 1.96. The molecule has 4 aromatic rings. The molecule has 3 aromatic carbocycles. The molecule has 0 aliphatic carbocycles. The molecule has 168 valence electrons. The van der Waals surface area contributed by atoms with E-state index < -0.39 is 5.60 Å². The van der Waals surface area contributed by atoms with Gasteiger partial charge in [0.1, 0.15) is 11.4 Å². The molecular formula is C28H27BrN2O2. The predicted octanol–water partition coefficient (Wildman–Crippen LogP) is 6.51. The van der Waals surface area contributed by atoms with Crippen molar-refractivity contribution in [1.29, 1.82) is 0 Å². The van der Waals surface area contributed by atoms with Gasteiger partial charge in [-0.15, -0.1) is 0 Å². The highest BCUT2D eigenvalue weighted by atomic mass is 79.9. The average Bonchev–Trinajstić information content (AvgIpc) is 2.83. The second kappa shape index (κ2) is 9.26. The predicted molar refractivity (Wildman–Crippen MR) is 136 cm³/mol. The van der Waals surface area contributed by atoms with E-state index in [1.54, 1.807) is 0 Å². The van der Waals surface area contributed by atoms with Crippen molar-refractivity contribution in [3.05, 3.63) is 100 Å². The van der Waals surface area contributed by atoms with Crippen LogP contribution in [0.1, 0.15) is 41.9 Å². The molecule has 2 heterocycles. The molecule has 0 radical (unpaired) electrons. The number of unbranched alkanes of at least 4 members (excludes halogenated alkanes) is 1. The Hall–Kier alpha value is -2.73. The lowest BCUT2D eigenvalue weighted by atomic mass is 9.70. The number of halogens is 1. The summed E-state index contributed by atoms with van der Waals surface area (Å²) in [5.74, 6) is 0.914. The topological polar surface area (TPSA) is 54.4 Å². The molecule has 0 amide bonds. The van der Waals surface area contributed by atoms with E-state index >= 15 is 0 Å². The number of nitrogens with zero attached hydrogens (tertiary/aromatic N) is 1. The first-order valence-corrected chi connectivity index (χ1v) is 12.2. The first kappa shape index (κ1) is 22.1. The van der Waals surface area contributed by atoms with Crippen molar-refractivity contribution in [2.24, 2.45) is 0 Å². The van der Waals surface area contributed by atoms with Crippen LogP contribution in [0.2, 0.25) is 0 Å². The van der Waals surface area contributed by atoms with E-state index in [0.717, 1.165) is 51.5 Å². The van der Waals surface area contributed by atoms with Gasteiger partial charge in [0.15, 0.2) is 0 Å². The third-order valence-electron chi connectivity index (χ3n) is 6.47. The Morgan fingerprint density at radius 1 is 1.00 bits per heavy atom. The number of ether oxygens (including phenoxy) is 1. The Morgan fingerprint density at radius 3 is 2.67 bits per heavy atom. The van der Waals surface area contributed by atoms with Gasteiger partial charge in [0.25, 0.3) is 0 Å². The van der Waals surface area contributed by atoms with Crippen LogP contribution in [0.25, 0.3) is 10.9 Å². The van der Waals surface area contributed by atoms with Crippen molar-refractivity contribution in [3.63, 3.8) is 0 Å². The maximum Gasteiger partial charge on any atom is 0.223 e. The Bertz CT molecular complexity index is 1280. The second-order valence-corrected chi connectivity index (χ2v) is 9.59. The number of hydrogen-bond donors (Lipinski definition) is 2. The maximum absolute atomic E-state index is 12.5. The summed E-state index contributed by atoms with van der Waals surface area (Å²) in [6, 6.07) is 26.2. The molecule has 5 rings (SSSR count). The third kappa shape index (κ3) is 4.29. The Kier molecular flexibility index (Phi) is 6.19. The van der Waals surface area contributed by atoms with E-state index in [1.807, 2.05) is 61.6 Å². The van der Waals surface area contributed by atoms with Crippen molar-refractivity contribution >= 4 is 26.8 Å². The third-order valence-corrected chi connectivity index (χ3v) is 6.97. The maximum atomic E-state index is 12.5. The highest BCUT2D eigenvalue weighted by Gasteiger charge is 2.43. The lowest BCUT2D eigenvalue weighted by Crippen LogP contribution is -2.35. The molecule has 4 nitrogen and oxygen atoms in total. The number of fused-ring (bicyclic) bond motifs is 4. The van der Waals surface area contributed by atoms with Gasteiger partial charge in [-0.05, 0) is 80.4 Å². The first-order chi connectivity index (χ1) is 16.1. The van der Waals surface area contributed by atoms with Crippen LogP contribution >= 0.6 is 15.9 Å². The van der Waals surface area contributed by atoms with Crippen LogP contribution in [-0.4, -0.2) is 23.7 Å². The SMILES string of the molecule is CNCCCCC1(O)c2cccc(c2)Oc2nc3ccc(Br)cc3cc2C1c1ccccc1. The van der Waals surface area contributed by atoms with E-state index in [0.29, 0.717) is 18.1 Å². The fourth-order valence-electron chi connectivity index (χ4n) is 4.88. The van der Waals surface area contributed by atoms with E-state index in [4.69, 9.17) is 9.72 Å². The van der Waals surface area contributed by atoms with Crippen molar-refractivity contribution < 1.29 is 9.84 Å². The Labute approximate surface area is 202 Å². The second-order valence-electron chi connectivity index (χ2n) is 8.68. The van der Waals surface area contributed by atoms with Crippen LogP contribution in [0.4, 0.5) is 0 Å². The lowest BCUT2D eigenvalue weighted by molar-refractivity contribution is 0.00634. The molecule has 2 bridgehead atoms. The summed E-state index contributed by atoms with van der Waals surface area (Å²) in [6.45, 7) is 0.923. The van der Waals surface area contributed by atoms with Gasteiger partial charge < -0.3 is 15.2 Å². The van der Waals surface area contributed by atoms with E-state index in [9.17, 15) is 5.11 Å². The van der Waals surface area contributed by atoms with Gasteiger partial charge >= 0.3 is 0 Å². The molecule has 1 aliphatic rings. The van der Waals surface area contributed by atoms with Gasteiger partial charge in [0.05, 0.1) is 5.52 Å². The smallest absolute Gasteiger partial charge is 0.223 e. The first-order valence-electron chi connectivity index (χ1n) is 11.4. The summed E-state index contributed by atoms with van der Waals surface area (Å²) < 4.78 is 7.32. The van der Waals surface area contributed by atoms with Gasteiger partial charge in [-0.3, -0.25) is 0 Å². The molecule has 0 spiro atoms. The fourth-order valence-corrected chi connectivity index (χ4v) is 5.26. The van der Waals surface area contributed by atoms with Gasteiger partial charge in [0, 0.05) is 21.3 Å². The zero-order valence-electron chi connectivity index (χ0n) is 18.6. The van der Waals surface area contributed by atoms with Gasteiger partial charge in [0.2, 0.25) is 5.88 Å². The number of aromatic nitrogens is 1. The van der Waals surface area contributed by atoms with Crippen LogP contribution < -0.4 is 10.1 Å². The quantitative estimate of drug-likeness (QED) is 0.295. The van der Waals surface area contributed by atoms with Gasteiger partial charge in [-0.2, -0.15) is 0 Å². The average molecular weight is 503 g/mol. The van der Waals surface area contributed by atoms with Crippen molar-refractivity contribution in [2.45, 2.75) is 30.8 Å². The van der Waals surface area contributed by atoms with Gasteiger partial charge in [-0.25, -0.2) is 4.98 Å². The zero-order valence-corrected chi connectivity index (χ0v) is 20.2. The number of hydrogen-bond acceptors (Lipinski definition) is 4. The van der Waals surface area contributed by atoms with Crippen LogP contribution in [0.15, 0.2) is 83.3 Å². The van der Waals surface area contributed by atoms with E-state index in [2.05, 4.69) is 45.5 Å². The van der Waals surface area contributed by atoms with Crippen LogP contribution in [-0.2, 0) is 5.60 Å². The number of benzene rings is 3. The Balaban J connectivity index is 1.76. The molecule has 0 saturated heterocycles. The normalized spacial score (nSPS) is 19.4. The largest absolute Gasteiger partial charge is 0.439 e. The van der Waals surface area contributed by atoms with Crippen molar-refractivity contribution in [1.82, 2.24) is 10.3 Å². The van der Waals surface area contributed by atoms with Crippen molar-refractivity contribution in [3.8, 4) is 11.6 Å². The standard InChI is InChI=1S/C28H27BrN2O2/c1-30-15-6-5-14-28(32)21-10-7-11-23(18-21)33-27-24(26(28)19-8-3-2-4-9-19)17-20-16-22(29)12-13-25(20)31-27/h2-4,7-13,16-18,26,30,32H,5-6,14-15H2,1H3. The number of nitrogens with one attached hydrogen (secondary N) is 1. The van der Waals surface area contributed by atoms with E-state index in [-0.39, 0.29) is 5.92 Å². The minimum Gasteiger partial charge on any atom is -0.439 e. The van der Waals surface area contributed by atoms with Crippen molar-refractivity contribution in [2.75, 3.05) is 13.6 Å². The lowest BCUT2D eigenvalue weighted by Gasteiger charge is -2.39. The molecule has 1 aromatic heterocycles. The minimum atomic E-state index is -1.11. The Morgan fingerprint density at radius 2 is 1.85 bits per heavy atom. The van der Waals surface area contributed by atoms with Gasteiger partial charge in [-0.1, -0.05) is 58.4 Å². The highest BCUT2D eigenvalue weighted by Crippen LogP contribution is 2.50. The molecule has 33 heavy (non-hydrogen) atoms. The van der Waals surface area contributed by atoms with Crippen LogP contribution in [0.5, 0.6) is 11.6 Å². The summed E-state index contributed by atoms with van der Waals surface area (Å²) in [5, 5.41) is 16.7. The molecule has 2 N–H and O–H groups in total. The minimum absolute atomic E-state index is 0.324. The summed E-state index contributed by atoms with van der Waals surface area (Å²) >= 11 is 3.59. The number of aliphatic hydroxyl groups is 1. The highest BCUT2D eigenvalue weighted by molar-refractivity contribution is 9.10. The van der Waals surface area contributed by atoms with Crippen LogP contribution in [0, 0.1) is 0 Å². The molecule has 0 saturated carbocycles. The summed E-state index contributed by atoms with van der Waals surface area (Å²) in [6.07, 6.45) is 2.52. The summed E-state index contributed by atoms with van der Waals surface area (Å²) in [5.41, 5.74) is 2.57. The zero-order chi connectivity index (χ0) is 22.8. The number of pyridine rings is 1. The number of rotatable bonds is 6. The molecule has 0 fully saturated rings. The molecule has 1 aliphatic heterocycles. The molecular weight excluding hydrogens is 476 g/mol. The molecule has 5 heteroatoms. The molecule has 2 atom stereocenters. The van der Waals surface area contributed by atoms with Crippen LogP contribution in [0.3, 0.4) is 0 Å². The monoisotopic (exact) mass is 502 g/mol. The summed E-state index contributed by atoms with van der Waals surface area (Å²) in [4.78, 5) is 4.90. The fraction of sp³-hybridized carbons (Fsp3) is 0.250. The molecule has 2 unspecified atom stereocenters.